The summed E-state index contributed by atoms with van der Waals surface area (Å²) in [7, 11) is -2.56. The van der Waals surface area contributed by atoms with E-state index in [1.54, 1.807) is 39.2 Å². The van der Waals surface area contributed by atoms with Crippen molar-refractivity contribution in [3.63, 3.8) is 0 Å². The monoisotopic (exact) mass is 953 g/mol. The van der Waals surface area contributed by atoms with Crippen molar-refractivity contribution in [1.82, 2.24) is 25.2 Å². The summed E-state index contributed by atoms with van der Waals surface area (Å²) >= 11 is 0. The van der Waals surface area contributed by atoms with Crippen LogP contribution in [0.4, 0.5) is 18.0 Å². The van der Waals surface area contributed by atoms with Gasteiger partial charge in [0.25, 0.3) is 5.91 Å². The number of methoxy groups -OCH3 is 1. The third-order valence-electron chi connectivity index (χ3n) is 13.9. The summed E-state index contributed by atoms with van der Waals surface area (Å²) in [6, 6.07) is 12.4. The first-order valence-corrected chi connectivity index (χ1v) is 24.3. The first kappa shape index (κ1) is 49.5. The van der Waals surface area contributed by atoms with E-state index >= 15 is 4.79 Å². The van der Waals surface area contributed by atoms with E-state index in [0.29, 0.717) is 62.8 Å². The lowest BCUT2D eigenvalue weighted by Crippen LogP contribution is -2.59. The number of ether oxygens (including phenoxy) is 3. The Morgan fingerprint density at radius 1 is 0.970 bits per heavy atom. The highest BCUT2D eigenvalue weighted by Gasteiger charge is 2.63. The molecule has 2 saturated carbocycles. The van der Waals surface area contributed by atoms with Crippen molar-refractivity contribution in [1.29, 1.82) is 0 Å². The van der Waals surface area contributed by atoms with Crippen LogP contribution in [0.5, 0.6) is 11.6 Å². The van der Waals surface area contributed by atoms with Gasteiger partial charge >= 0.3 is 12.3 Å². The van der Waals surface area contributed by atoms with Crippen LogP contribution >= 0.6 is 0 Å². The molecule has 0 spiro atoms. The van der Waals surface area contributed by atoms with Gasteiger partial charge in [-0.05, 0) is 112 Å². The lowest BCUT2D eigenvalue weighted by atomic mass is 9.86. The van der Waals surface area contributed by atoms with E-state index in [1.165, 1.54) is 4.90 Å². The van der Waals surface area contributed by atoms with Gasteiger partial charge in [-0.3, -0.25) is 19.1 Å². The van der Waals surface area contributed by atoms with Gasteiger partial charge in [-0.25, -0.2) is 18.2 Å². The molecule has 14 nitrogen and oxygen atoms in total. The van der Waals surface area contributed by atoms with Crippen molar-refractivity contribution in [2.45, 2.75) is 146 Å². The lowest BCUT2D eigenvalue weighted by molar-refractivity contribution is -0.244. The number of allylic oxidation sites excluding steroid dienone is 1. The van der Waals surface area contributed by atoms with Gasteiger partial charge in [0.05, 0.1) is 24.1 Å². The summed E-state index contributed by atoms with van der Waals surface area (Å²) in [6.45, 7) is 12.7. The van der Waals surface area contributed by atoms with Crippen LogP contribution in [0.25, 0.3) is 22.0 Å². The Hall–Kier alpha value is -5.39. The van der Waals surface area contributed by atoms with Crippen molar-refractivity contribution in [2.75, 3.05) is 13.7 Å². The molecule has 67 heavy (non-hydrogen) atoms. The van der Waals surface area contributed by atoms with Gasteiger partial charge in [0.15, 0.2) is 0 Å². The summed E-state index contributed by atoms with van der Waals surface area (Å²) in [5.41, 5.74) is -2.19. The van der Waals surface area contributed by atoms with Gasteiger partial charge in [0, 0.05) is 23.3 Å². The molecule has 2 aromatic carbocycles. The Balaban J connectivity index is 1.27. The van der Waals surface area contributed by atoms with Gasteiger partial charge < -0.3 is 29.7 Å². The molecule has 3 heterocycles. The minimum absolute atomic E-state index is 0.0543. The van der Waals surface area contributed by atoms with Gasteiger partial charge in [-0.2, -0.15) is 13.2 Å². The largest absolute Gasteiger partial charge is 0.497 e. The third-order valence-corrected chi connectivity index (χ3v) is 16.0. The molecule has 0 unspecified atom stereocenters. The van der Waals surface area contributed by atoms with E-state index in [2.05, 4.69) is 36.1 Å². The van der Waals surface area contributed by atoms with Crippen LogP contribution in [0.3, 0.4) is 0 Å². The minimum Gasteiger partial charge on any atom is -0.497 e. The highest BCUT2D eigenvalue weighted by atomic mass is 32.2. The summed E-state index contributed by atoms with van der Waals surface area (Å²) in [6.07, 6.45) is -1.48. The molecule has 18 heteroatoms. The average molecular weight is 954 g/mol. The van der Waals surface area contributed by atoms with Crippen LogP contribution in [0.15, 0.2) is 60.7 Å². The average Bonchev–Trinajstić information content (AvgIpc) is 4.13. The molecule has 0 bridgehead atoms. The number of alkyl carbamates (subject to hydrolysis) is 1. The maximum atomic E-state index is 15.1. The number of rotatable bonds is 9. The van der Waals surface area contributed by atoms with Crippen LogP contribution in [0.1, 0.15) is 106 Å². The smallest absolute Gasteiger partial charge is 0.427 e. The maximum Gasteiger partial charge on any atom is 0.427 e. The van der Waals surface area contributed by atoms with Crippen LogP contribution in [0.2, 0.25) is 0 Å². The molecule has 3 fully saturated rings. The fourth-order valence-electron chi connectivity index (χ4n) is 8.91. The Morgan fingerprint density at radius 3 is 2.28 bits per heavy atom. The molecule has 4 amide bonds. The Bertz CT molecular complexity index is 2560. The predicted octanol–water partition coefficient (Wildman–Crippen LogP) is 7.88. The molecule has 0 radical (unpaired) electrons. The highest BCUT2D eigenvalue weighted by Crippen LogP contribution is 2.48. The molecular weight excluding hydrogens is 892 g/mol. The molecule has 1 aromatic heterocycles. The second-order valence-corrected chi connectivity index (χ2v) is 22.9. The number of benzene rings is 2. The van der Waals surface area contributed by atoms with E-state index in [4.69, 9.17) is 19.2 Å². The van der Waals surface area contributed by atoms with Gasteiger partial charge in [-0.15, -0.1) is 0 Å². The van der Waals surface area contributed by atoms with Crippen molar-refractivity contribution >= 4 is 44.6 Å². The molecule has 2 aliphatic heterocycles. The Morgan fingerprint density at radius 2 is 1.66 bits per heavy atom. The van der Waals surface area contributed by atoms with E-state index in [1.807, 2.05) is 49.4 Å². The standard InChI is InChI=1S/C49H62F3N5O9S/c1-28-12-10-11-13-33-26-48(33,43(60)56-67(62,63)47(8)20-21-47)55-40(58)38-25-35(27-57(38)42(59)39(29(2)22-28)54-44(61)66-46(6,7)49(50,51)52)65-41-36-19-18-34(64-9)23-31(36)24-37(53-41)30-14-16-32(17-15-30)45(3,4)5/h11,13-19,23-24,28-29,33,35,38-39H,10,12,20-22,25-27H2,1-9H3,(H,54,61)(H,55,58)(H,56,60)/t28-,29-,33-,35-,38+,39+,48-/m1/s1. The summed E-state index contributed by atoms with van der Waals surface area (Å²) < 4.78 is 86.6. The number of sulfonamides is 1. The number of alkyl halides is 3. The zero-order chi connectivity index (χ0) is 49.1. The maximum absolute atomic E-state index is 15.1. The minimum atomic E-state index is -4.93. The summed E-state index contributed by atoms with van der Waals surface area (Å²) in [5.74, 6) is -2.98. The SMILES string of the molecule is COc1ccc2c(O[C@@H]3C[C@H]4C(=O)N[C@]5(C(=O)NS(=O)(=O)C6(C)CC6)C[C@H]5C=CCC[C@@H](C)C[C@@H](C)[C@H](NC(=O)OC(C)(C)C(F)(F)F)C(=O)N4C3)nc(-c3ccc(C(C)(C)C)cc3)cc2c1. The van der Waals surface area contributed by atoms with Crippen molar-refractivity contribution in [3.8, 4) is 22.9 Å². The molecule has 7 atom stereocenters. The van der Waals surface area contributed by atoms with Gasteiger partial charge in [0.2, 0.25) is 33.3 Å². The first-order chi connectivity index (χ1) is 31.2. The number of nitrogens with zero attached hydrogens (tertiary/aromatic N) is 2. The van der Waals surface area contributed by atoms with E-state index in [-0.39, 0.29) is 36.6 Å². The molecular formula is C49H62F3N5O9S. The molecule has 2 aliphatic carbocycles. The number of carbonyl (C=O) groups is 4. The zero-order valence-corrected chi connectivity index (χ0v) is 40.3. The second-order valence-electron chi connectivity index (χ2n) is 20.7. The number of hydrogen-bond donors (Lipinski definition) is 3. The second kappa shape index (κ2) is 17.9. The number of hydrogen-bond acceptors (Lipinski definition) is 10. The number of pyridine rings is 1. The number of fused-ring (bicyclic) bond motifs is 3. The quantitative estimate of drug-likeness (QED) is 0.179. The van der Waals surface area contributed by atoms with Crippen molar-refractivity contribution < 1.29 is 55.0 Å². The van der Waals surface area contributed by atoms with Gasteiger partial charge in [-0.1, -0.05) is 71.0 Å². The van der Waals surface area contributed by atoms with E-state index in [9.17, 15) is 36.0 Å². The lowest BCUT2D eigenvalue weighted by Gasteiger charge is -2.34. The molecule has 3 aromatic rings. The third kappa shape index (κ3) is 10.4. The van der Waals surface area contributed by atoms with Crippen LogP contribution in [0, 0.1) is 17.8 Å². The summed E-state index contributed by atoms with van der Waals surface area (Å²) in [5, 5.41) is 6.58. The molecule has 4 aliphatic rings. The number of halogens is 3. The fourth-order valence-corrected chi connectivity index (χ4v) is 10.2. The van der Waals surface area contributed by atoms with Gasteiger partial charge in [0.1, 0.15) is 29.5 Å². The Labute approximate surface area is 390 Å². The molecule has 1 saturated heterocycles. The van der Waals surface area contributed by atoms with E-state index in [0.717, 1.165) is 16.5 Å². The van der Waals surface area contributed by atoms with Crippen molar-refractivity contribution in [2.24, 2.45) is 17.8 Å². The predicted molar refractivity (Wildman–Crippen MR) is 246 cm³/mol. The Kier molecular flexibility index (Phi) is 13.2. The first-order valence-electron chi connectivity index (χ1n) is 22.9. The van der Waals surface area contributed by atoms with Crippen molar-refractivity contribution in [3.05, 3.63) is 66.2 Å². The highest BCUT2D eigenvalue weighted by molar-refractivity contribution is 7.91. The van der Waals surface area contributed by atoms with Crippen LogP contribution in [-0.4, -0.2) is 96.0 Å². The molecule has 7 rings (SSSR count). The van der Waals surface area contributed by atoms with Crippen LogP contribution in [-0.2, 0) is 34.6 Å². The fraction of sp³-hybridized carbons (Fsp3) is 0.571. The topological polar surface area (TPSA) is 182 Å². The number of amides is 4. The van der Waals surface area contributed by atoms with E-state index < -0.39 is 85.9 Å². The normalized spacial score (nSPS) is 26.8. The number of nitrogens with one attached hydrogen (secondary N) is 3. The summed E-state index contributed by atoms with van der Waals surface area (Å²) in [4.78, 5) is 63.4. The number of aromatic nitrogens is 1. The molecule has 3 N–H and O–H groups in total. The zero-order valence-electron chi connectivity index (χ0n) is 39.5. The molecule has 364 valence electrons. The number of carbonyl (C=O) groups excluding carboxylic acids is 4. The van der Waals surface area contributed by atoms with Crippen LogP contribution < -0.4 is 24.8 Å².